The second-order valence-electron chi connectivity index (χ2n) is 7.18. The average Bonchev–Trinajstić information content (AvgIpc) is 2.71. The van der Waals surface area contributed by atoms with Gasteiger partial charge in [-0.1, -0.05) is 36.4 Å². The van der Waals surface area contributed by atoms with E-state index >= 15 is 0 Å². The second-order valence-corrected chi connectivity index (χ2v) is 8.79. The molecule has 1 aliphatic rings. The zero-order chi connectivity index (χ0) is 23.1. The zero-order valence-corrected chi connectivity index (χ0v) is 17.5. The first kappa shape index (κ1) is 22.0. The van der Waals surface area contributed by atoms with Gasteiger partial charge < -0.3 is 14.2 Å². The van der Waals surface area contributed by atoms with Gasteiger partial charge in [0.2, 0.25) is 10.0 Å². The van der Waals surface area contributed by atoms with Gasteiger partial charge in [-0.25, -0.2) is 13.6 Å². The fraction of sp³-hybridized carbons (Fsp3) is 0.182. The first-order chi connectivity index (χ1) is 15.0. The molecule has 1 heterocycles. The van der Waals surface area contributed by atoms with Crippen LogP contribution in [0.3, 0.4) is 0 Å². The van der Waals surface area contributed by atoms with E-state index in [4.69, 9.17) is 14.6 Å². The highest BCUT2D eigenvalue weighted by Crippen LogP contribution is 2.50. The van der Waals surface area contributed by atoms with Gasteiger partial charge in [0.25, 0.3) is 0 Å². The third kappa shape index (κ3) is 4.66. The first-order valence-electron chi connectivity index (χ1n) is 9.37. The molecule has 4 rings (SSSR count). The van der Waals surface area contributed by atoms with Crippen molar-refractivity contribution in [2.24, 2.45) is 5.14 Å². The van der Waals surface area contributed by atoms with Crippen molar-refractivity contribution in [2.75, 3.05) is 7.11 Å². The zero-order valence-electron chi connectivity index (χ0n) is 16.7. The molecule has 1 atom stereocenters. The standard InChI is InChI=1S/C22H18F3NO5S/c1-29-15-5-2-4-14(11-15)21-17-10-13(12-32(26,27)28)8-9-16(17)20-18(30-21)6-3-7-19(20)31-22(23,24)25/h2-11,21H,12H2,1H3,(H2,26,27,28). The van der Waals surface area contributed by atoms with Crippen molar-refractivity contribution in [2.45, 2.75) is 18.2 Å². The molecule has 10 heteroatoms. The van der Waals surface area contributed by atoms with Crippen molar-refractivity contribution >= 4 is 10.0 Å². The van der Waals surface area contributed by atoms with Crippen LogP contribution in [0.15, 0.2) is 60.7 Å². The lowest BCUT2D eigenvalue weighted by Gasteiger charge is -2.31. The number of hydrogen-bond acceptors (Lipinski definition) is 5. The Balaban J connectivity index is 1.91. The maximum absolute atomic E-state index is 13.0. The van der Waals surface area contributed by atoms with E-state index in [1.807, 2.05) is 0 Å². The van der Waals surface area contributed by atoms with E-state index in [1.165, 1.54) is 25.3 Å². The summed E-state index contributed by atoms with van der Waals surface area (Å²) in [6.45, 7) is 0. The van der Waals surface area contributed by atoms with Crippen LogP contribution in [-0.2, 0) is 15.8 Å². The van der Waals surface area contributed by atoms with Gasteiger partial charge in [0.1, 0.15) is 23.4 Å². The minimum Gasteiger partial charge on any atom is -0.497 e. The maximum Gasteiger partial charge on any atom is 0.573 e. The molecule has 3 aromatic carbocycles. The Hall–Kier alpha value is -3.24. The number of hydrogen-bond donors (Lipinski definition) is 1. The molecule has 6 nitrogen and oxygen atoms in total. The number of primary sulfonamides is 1. The molecule has 1 aliphatic heterocycles. The summed E-state index contributed by atoms with van der Waals surface area (Å²) >= 11 is 0. The van der Waals surface area contributed by atoms with Crippen molar-refractivity contribution < 1.29 is 35.8 Å². The molecule has 0 fully saturated rings. The SMILES string of the molecule is COc1cccc(C2Oc3cccc(OC(F)(F)F)c3-c3ccc(CS(N)(=O)=O)cc32)c1. The predicted molar refractivity (Wildman–Crippen MR) is 111 cm³/mol. The van der Waals surface area contributed by atoms with Crippen LogP contribution in [0, 0.1) is 0 Å². The van der Waals surface area contributed by atoms with Gasteiger partial charge in [0, 0.05) is 11.1 Å². The Morgan fingerprint density at radius 3 is 2.50 bits per heavy atom. The Bertz CT molecular complexity index is 1270. The van der Waals surface area contributed by atoms with Crippen molar-refractivity contribution in [3.63, 3.8) is 0 Å². The largest absolute Gasteiger partial charge is 0.573 e. The lowest BCUT2D eigenvalue weighted by molar-refractivity contribution is -0.274. The van der Waals surface area contributed by atoms with E-state index in [2.05, 4.69) is 4.74 Å². The number of benzene rings is 3. The molecule has 0 bridgehead atoms. The Morgan fingerprint density at radius 1 is 1.06 bits per heavy atom. The highest BCUT2D eigenvalue weighted by Gasteiger charge is 2.36. The van der Waals surface area contributed by atoms with E-state index in [0.29, 0.717) is 28.0 Å². The second kappa shape index (κ2) is 8.03. The van der Waals surface area contributed by atoms with Gasteiger partial charge in [-0.2, -0.15) is 0 Å². The molecule has 0 saturated heterocycles. The number of halogens is 3. The Labute approximate surface area is 182 Å². The normalized spacial score (nSPS) is 15.3. The lowest BCUT2D eigenvalue weighted by Crippen LogP contribution is -2.21. The van der Waals surface area contributed by atoms with Gasteiger partial charge in [-0.05, 0) is 35.4 Å². The number of alkyl halides is 3. The average molecular weight is 465 g/mol. The van der Waals surface area contributed by atoms with E-state index in [9.17, 15) is 21.6 Å². The third-order valence-electron chi connectivity index (χ3n) is 4.89. The number of rotatable bonds is 5. The summed E-state index contributed by atoms with van der Waals surface area (Å²) < 4.78 is 77.8. The molecular weight excluding hydrogens is 447 g/mol. The summed E-state index contributed by atoms with van der Waals surface area (Å²) in [7, 11) is -2.31. The molecule has 0 aromatic heterocycles. The van der Waals surface area contributed by atoms with Crippen LogP contribution in [0.5, 0.6) is 17.2 Å². The number of sulfonamides is 1. The van der Waals surface area contributed by atoms with Gasteiger partial charge in [0.15, 0.2) is 0 Å². The topological polar surface area (TPSA) is 87.8 Å². The molecular formula is C22H18F3NO5S. The number of fused-ring (bicyclic) bond motifs is 3. The summed E-state index contributed by atoms with van der Waals surface area (Å²) in [4.78, 5) is 0. The fourth-order valence-electron chi connectivity index (χ4n) is 3.71. The lowest BCUT2D eigenvalue weighted by atomic mass is 9.88. The predicted octanol–water partition coefficient (Wildman–Crippen LogP) is 4.53. The van der Waals surface area contributed by atoms with E-state index in [0.717, 1.165) is 0 Å². The molecule has 2 N–H and O–H groups in total. The van der Waals surface area contributed by atoms with Crippen molar-refractivity contribution in [3.8, 4) is 28.4 Å². The van der Waals surface area contributed by atoms with E-state index < -0.39 is 34.0 Å². The van der Waals surface area contributed by atoms with Crippen LogP contribution < -0.4 is 19.3 Å². The fourth-order valence-corrected chi connectivity index (χ4v) is 4.35. The molecule has 1 unspecified atom stereocenters. The van der Waals surface area contributed by atoms with Crippen molar-refractivity contribution in [1.29, 1.82) is 0 Å². The number of ether oxygens (including phenoxy) is 3. The summed E-state index contributed by atoms with van der Waals surface area (Å²) in [5.74, 6) is -0.0855. The van der Waals surface area contributed by atoms with Crippen LogP contribution in [0.25, 0.3) is 11.1 Å². The molecule has 0 saturated carbocycles. The highest BCUT2D eigenvalue weighted by atomic mass is 32.2. The van der Waals surface area contributed by atoms with Gasteiger partial charge >= 0.3 is 6.36 Å². The van der Waals surface area contributed by atoms with Gasteiger partial charge in [-0.3, -0.25) is 0 Å². The van der Waals surface area contributed by atoms with E-state index in [1.54, 1.807) is 42.5 Å². The number of methoxy groups -OCH3 is 1. The summed E-state index contributed by atoms with van der Waals surface area (Å²) in [6.07, 6.45) is -5.62. The monoisotopic (exact) mass is 465 g/mol. The van der Waals surface area contributed by atoms with Crippen LogP contribution in [0.1, 0.15) is 22.8 Å². The van der Waals surface area contributed by atoms with E-state index in [-0.39, 0.29) is 11.3 Å². The highest BCUT2D eigenvalue weighted by molar-refractivity contribution is 7.88. The van der Waals surface area contributed by atoms with Crippen molar-refractivity contribution in [1.82, 2.24) is 0 Å². The van der Waals surface area contributed by atoms with Crippen LogP contribution in [0.2, 0.25) is 0 Å². The van der Waals surface area contributed by atoms with Gasteiger partial charge in [0.05, 0.1) is 18.4 Å². The molecule has 168 valence electrons. The minimum atomic E-state index is -4.90. The van der Waals surface area contributed by atoms with Crippen LogP contribution >= 0.6 is 0 Å². The maximum atomic E-state index is 13.0. The Kier molecular flexibility index (Phi) is 5.51. The molecule has 0 amide bonds. The Morgan fingerprint density at radius 2 is 1.81 bits per heavy atom. The molecule has 3 aromatic rings. The minimum absolute atomic E-state index is 0.126. The smallest absolute Gasteiger partial charge is 0.497 e. The first-order valence-corrected chi connectivity index (χ1v) is 11.1. The van der Waals surface area contributed by atoms with Gasteiger partial charge in [-0.15, -0.1) is 13.2 Å². The van der Waals surface area contributed by atoms with Crippen molar-refractivity contribution in [3.05, 3.63) is 77.4 Å². The van der Waals surface area contributed by atoms with Crippen LogP contribution in [-0.4, -0.2) is 21.9 Å². The third-order valence-corrected chi connectivity index (χ3v) is 5.63. The van der Waals surface area contributed by atoms with Crippen LogP contribution in [0.4, 0.5) is 13.2 Å². The number of nitrogens with two attached hydrogens (primary N) is 1. The quantitative estimate of drug-likeness (QED) is 0.598. The summed E-state index contributed by atoms with van der Waals surface area (Å²) in [5.41, 5.74) is 2.08. The molecule has 0 aliphatic carbocycles. The summed E-state index contributed by atoms with van der Waals surface area (Å²) in [5, 5.41) is 5.18. The summed E-state index contributed by atoms with van der Waals surface area (Å²) in [6, 6.07) is 15.8. The molecule has 0 radical (unpaired) electrons. The molecule has 32 heavy (non-hydrogen) atoms. The molecule has 0 spiro atoms.